The fraction of sp³-hybridized carbons (Fsp3) is 0.125. The average Bonchev–Trinajstić information content (AvgIpc) is 2.55. The van der Waals surface area contributed by atoms with Crippen molar-refractivity contribution < 1.29 is 39.5 Å². The normalized spacial score (nSPS) is 9.42. The Kier molecular flexibility index (Phi) is 6.42. The van der Waals surface area contributed by atoms with Crippen molar-refractivity contribution in [2.45, 2.75) is 0 Å². The lowest BCUT2D eigenvalue weighted by Crippen LogP contribution is -1.97. The van der Waals surface area contributed by atoms with Gasteiger partial charge in [0.1, 0.15) is 11.1 Å². The Morgan fingerprint density at radius 1 is 0.750 bits per heavy atom. The number of para-hydroxylation sites is 2. The van der Waals surface area contributed by atoms with Crippen LogP contribution in [-0.2, 0) is 0 Å². The van der Waals surface area contributed by atoms with E-state index in [9.17, 15) is 19.8 Å². The fourth-order valence-electron chi connectivity index (χ4n) is 1.72. The molecule has 0 fully saturated rings. The quantitative estimate of drug-likeness (QED) is 0.667. The molecule has 128 valence electrons. The number of aromatic hydroxyl groups is 2. The van der Waals surface area contributed by atoms with Crippen molar-refractivity contribution in [3.63, 3.8) is 0 Å². The highest BCUT2D eigenvalue weighted by Crippen LogP contribution is 2.29. The maximum Gasteiger partial charge on any atom is 0.339 e. The van der Waals surface area contributed by atoms with Crippen LogP contribution in [0, 0.1) is 0 Å². The lowest BCUT2D eigenvalue weighted by molar-refractivity contribution is 0.0681. The van der Waals surface area contributed by atoms with Gasteiger partial charge in [0, 0.05) is 0 Å². The molecule has 0 spiro atoms. The number of benzene rings is 2. The summed E-state index contributed by atoms with van der Waals surface area (Å²) in [4.78, 5) is 20.9. The molecular weight excluding hydrogens is 320 g/mol. The largest absolute Gasteiger partial charge is 0.504 e. The van der Waals surface area contributed by atoms with Gasteiger partial charge in [0.05, 0.1) is 14.2 Å². The Bertz CT molecular complexity index is 675. The standard InChI is InChI=1S/2C8H8O4/c2*1-12-6-4-2-3-5(7(6)9)8(10)11/h2*2-4,9H,1H3,(H,10,11). The molecule has 0 amide bonds. The number of carboxylic acids is 2. The van der Waals surface area contributed by atoms with Gasteiger partial charge in [-0.25, -0.2) is 9.59 Å². The van der Waals surface area contributed by atoms with Crippen LogP contribution >= 0.6 is 0 Å². The SMILES string of the molecule is COc1cccc(C(=O)O)c1O.COc1cccc(C(=O)O)c1O. The van der Waals surface area contributed by atoms with Gasteiger partial charge in [-0.3, -0.25) is 0 Å². The van der Waals surface area contributed by atoms with E-state index in [1.165, 1.54) is 50.6 Å². The molecule has 2 aromatic carbocycles. The van der Waals surface area contributed by atoms with Crippen molar-refractivity contribution in [1.82, 2.24) is 0 Å². The van der Waals surface area contributed by atoms with Crippen LogP contribution in [0.15, 0.2) is 36.4 Å². The first kappa shape index (κ1) is 18.6. The smallest absolute Gasteiger partial charge is 0.339 e. The van der Waals surface area contributed by atoms with Gasteiger partial charge in [0.25, 0.3) is 0 Å². The van der Waals surface area contributed by atoms with Gasteiger partial charge in [-0.05, 0) is 24.3 Å². The van der Waals surface area contributed by atoms with Crippen molar-refractivity contribution >= 4 is 11.9 Å². The zero-order valence-electron chi connectivity index (χ0n) is 12.9. The van der Waals surface area contributed by atoms with E-state index in [1.54, 1.807) is 0 Å². The minimum atomic E-state index is -1.17. The molecular formula is C16H16O8. The van der Waals surface area contributed by atoms with Crippen LogP contribution in [0.3, 0.4) is 0 Å². The Balaban J connectivity index is 0.000000240. The lowest BCUT2D eigenvalue weighted by atomic mass is 10.2. The summed E-state index contributed by atoms with van der Waals surface area (Å²) in [7, 11) is 2.72. The Labute approximate surface area is 137 Å². The number of ether oxygens (including phenoxy) is 2. The van der Waals surface area contributed by atoms with Crippen LogP contribution in [0.2, 0.25) is 0 Å². The maximum atomic E-state index is 10.5. The summed E-state index contributed by atoms with van der Waals surface area (Å²) in [6.45, 7) is 0. The van der Waals surface area contributed by atoms with E-state index in [2.05, 4.69) is 0 Å². The van der Waals surface area contributed by atoms with Crippen molar-refractivity contribution in [1.29, 1.82) is 0 Å². The minimum absolute atomic E-state index is 0.158. The highest BCUT2D eigenvalue weighted by atomic mass is 16.5. The second-order valence-corrected chi connectivity index (χ2v) is 4.32. The highest BCUT2D eigenvalue weighted by Gasteiger charge is 2.13. The van der Waals surface area contributed by atoms with Gasteiger partial charge in [-0.15, -0.1) is 0 Å². The molecule has 2 rings (SSSR count). The van der Waals surface area contributed by atoms with E-state index in [4.69, 9.17) is 19.7 Å². The third-order valence-electron chi connectivity index (χ3n) is 2.90. The molecule has 8 heteroatoms. The molecule has 0 radical (unpaired) electrons. The number of hydrogen-bond donors (Lipinski definition) is 4. The summed E-state index contributed by atoms with van der Waals surface area (Å²) in [5.41, 5.74) is -0.316. The van der Waals surface area contributed by atoms with Gasteiger partial charge in [-0.1, -0.05) is 12.1 Å². The number of hydrogen-bond acceptors (Lipinski definition) is 6. The summed E-state index contributed by atoms with van der Waals surface area (Å²) in [6, 6.07) is 8.59. The van der Waals surface area contributed by atoms with Gasteiger partial charge in [0.15, 0.2) is 23.0 Å². The Morgan fingerprint density at radius 2 is 1.08 bits per heavy atom. The summed E-state index contributed by atoms with van der Waals surface area (Å²) < 4.78 is 9.44. The predicted octanol–water partition coefficient (Wildman–Crippen LogP) is 2.20. The molecule has 0 aliphatic rings. The van der Waals surface area contributed by atoms with Gasteiger partial charge in [-0.2, -0.15) is 0 Å². The topological polar surface area (TPSA) is 134 Å². The molecule has 0 bridgehead atoms. The number of methoxy groups -OCH3 is 2. The third kappa shape index (κ3) is 4.29. The molecule has 0 aromatic heterocycles. The van der Waals surface area contributed by atoms with E-state index in [1.807, 2.05) is 0 Å². The summed E-state index contributed by atoms with van der Waals surface area (Å²) in [6.07, 6.45) is 0. The van der Waals surface area contributed by atoms with Crippen molar-refractivity contribution in [3.8, 4) is 23.0 Å². The summed E-state index contributed by atoms with van der Waals surface area (Å²) in [5.74, 6) is -2.71. The van der Waals surface area contributed by atoms with Gasteiger partial charge >= 0.3 is 11.9 Å². The van der Waals surface area contributed by atoms with E-state index >= 15 is 0 Å². The molecule has 0 heterocycles. The molecule has 0 atom stereocenters. The van der Waals surface area contributed by atoms with E-state index in [0.29, 0.717) is 0 Å². The Hall–Kier alpha value is -3.42. The first-order valence-corrected chi connectivity index (χ1v) is 6.52. The van der Waals surface area contributed by atoms with Crippen LogP contribution in [0.4, 0.5) is 0 Å². The molecule has 8 nitrogen and oxygen atoms in total. The third-order valence-corrected chi connectivity index (χ3v) is 2.90. The van der Waals surface area contributed by atoms with Crippen molar-refractivity contribution in [2.24, 2.45) is 0 Å². The molecule has 0 saturated heterocycles. The molecule has 0 aliphatic heterocycles. The number of phenols is 2. The van der Waals surface area contributed by atoms with Gasteiger partial charge in [0.2, 0.25) is 0 Å². The zero-order valence-corrected chi connectivity index (χ0v) is 12.9. The molecule has 2 aromatic rings. The monoisotopic (exact) mass is 336 g/mol. The lowest BCUT2D eigenvalue weighted by Gasteiger charge is -2.04. The molecule has 24 heavy (non-hydrogen) atoms. The zero-order chi connectivity index (χ0) is 18.3. The van der Waals surface area contributed by atoms with Crippen molar-refractivity contribution in [2.75, 3.05) is 14.2 Å². The fourth-order valence-corrected chi connectivity index (χ4v) is 1.72. The minimum Gasteiger partial charge on any atom is -0.504 e. The molecule has 0 saturated carbocycles. The highest BCUT2D eigenvalue weighted by molar-refractivity contribution is 5.92. The first-order valence-electron chi connectivity index (χ1n) is 6.52. The number of carbonyl (C=O) groups is 2. The molecule has 0 aliphatic carbocycles. The maximum absolute atomic E-state index is 10.5. The van der Waals surface area contributed by atoms with Crippen LogP contribution in [0.1, 0.15) is 20.7 Å². The summed E-state index contributed by atoms with van der Waals surface area (Å²) >= 11 is 0. The van der Waals surface area contributed by atoms with E-state index < -0.39 is 11.9 Å². The second-order valence-electron chi connectivity index (χ2n) is 4.32. The van der Waals surface area contributed by atoms with Crippen LogP contribution in [0.5, 0.6) is 23.0 Å². The van der Waals surface area contributed by atoms with Crippen LogP contribution in [0.25, 0.3) is 0 Å². The van der Waals surface area contributed by atoms with Crippen molar-refractivity contribution in [3.05, 3.63) is 47.5 Å². The second kappa shape index (κ2) is 8.28. The van der Waals surface area contributed by atoms with E-state index in [0.717, 1.165) is 0 Å². The average molecular weight is 336 g/mol. The van der Waals surface area contributed by atoms with E-state index in [-0.39, 0.29) is 34.1 Å². The predicted molar refractivity (Wildman–Crippen MR) is 83.2 cm³/mol. The number of aromatic carboxylic acids is 2. The molecule has 4 N–H and O–H groups in total. The molecule has 0 unspecified atom stereocenters. The van der Waals surface area contributed by atoms with Gasteiger partial charge < -0.3 is 29.9 Å². The van der Waals surface area contributed by atoms with Crippen LogP contribution < -0.4 is 9.47 Å². The summed E-state index contributed by atoms with van der Waals surface area (Å²) in [5, 5.41) is 35.6. The first-order chi connectivity index (χ1) is 11.3. The number of rotatable bonds is 4. The van der Waals surface area contributed by atoms with Crippen LogP contribution in [-0.4, -0.2) is 46.6 Å². The Morgan fingerprint density at radius 3 is 1.33 bits per heavy atom. The number of carboxylic acid groups (broad SMARTS) is 2.